The van der Waals surface area contributed by atoms with Gasteiger partial charge < -0.3 is 15.0 Å². The lowest BCUT2D eigenvalue weighted by atomic mass is 9.76. The number of fused-ring (bicyclic) bond motifs is 3. The third kappa shape index (κ3) is 2.80. The molecule has 17 heavy (non-hydrogen) atoms. The monoisotopic (exact) mass is 237 g/mol. The van der Waals surface area contributed by atoms with E-state index in [1.165, 1.54) is 20.1 Å². The summed E-state index contributed by atoms with van der Waals surface area (Å²) in [4.78, 5) is 12.9. The van der Waals surface area contributed by atoms with Crippen molar-refractivity contribution in [2.45, 2.75) is 18.9 Å². The minimum Gasteiger partial charge on any atom is -0.375 e. The van der Waals surface area contributed by atoms with E-state index in [4.69, 9.17) is 11.2 Å². The van der Waals surface area contributed by atoms with E-state index in [0.717, 1.165) is 19.5 Å². The van der Waals surface area contributed by atoms with Gasteiger partial charge in [0.2, 0.25) is 5.91 Å². The summed E-state index contributed by atoms with van der Waals surface area (Å²) in [5.74, 6) is 4.01. The number of hydrogen-bond acceptors (Lipinski definition) is 2. The largest absolute Gasteiger partial charge is 0.375 e. The number of piperidine rings is 3. The molecule has 3 heterocycles. The molecule has 3 fully saturated rings. The Morgan fingerprint density at radius 2 is 2.47 bits per heavy atom. The second-order valence-corrected chi connectivity index (χ2v) is 5.10. The standard InChI is InChI=1S/C13H20N2O2/c1-3-10-8-15-5-4-11(10)6-12(15)7-14-13(16)9-17-2/h1,10-12H,4-9H2,2H3,(H,14,16)/p+1/t10-,11+,12+/m0/s1. The molecule has 94 valence electrons. The molecule has 1 amide bonds. The topological polar surface area (TPSA) is 42.8 Å². The molecule has 2 bridgehead atoms. The minimum atomic E-state index is -0.0250. The third-order valence-electron chi connectivity index (χ3n) is 4.09. The van der Waals surface area contributed by atoms with Crippen molar-refractivity contribution in [3.05, 3.63) is 0 Å². The number of hydrogen-bond donors (Lipinski definition) is 2. The molecule has 0 aromatic carbocycles. The van der Waals surface area contributed by atoms with E-state index < -0.39 is 0 Å². The van der Waals surface area contributed by atoms with E-state index in [0.29, 0.717) is 17.9 Å². The summed E-state index contributed by atoms with van der Waals surface area (Å²) in [6.07, 6.45) is 7.94. The fourth-order valence-electron chi connectivity index (χ4n) is 3.15. The number of carbonyl (C=O) groups is 1. The summed E-state index contributed by atoms with van der Waals surface area (Å²) in [6.45, 7) is 3.18. The smallest absolute Gasteiger partial charge is 0.246 e. The molecule has 3 aliphatic rings. The number of nitrogens with one attached hydrogen (secondary N) is 2. The van der Waals surface area contributed by atoms with Crippen LogP contribution < -0.4 is 10.2 Å². The van der Waals surface area contributed by atoms with Crippen molar-refractivity contribution in [3.8, 4) is 12.3 Å². The van der Waals surface area contributed by atoms with Gasteiger partial charge >= 0.3 is 0 Å². The molecule has 0 saturated carbocycles. The van der Waals surface area contributed by atoms with Crippen LogP contribution in [-0.2, 0) is 9.53 Å². The molecule has 3 saturated heterocycles. The molecule has 0 aromatic heterocycles. The van der Waals surface area contributed by atoms with Gasteiger partial charge in [0.1, 0.15) is 12.6 Å². The summed E-state index contributed by atoms with van der Waals surface area (Å²) in [6, 6.07) is 0.541. The van der Waals surface area contributed by atoms with E-state index in [9.17, 15) is 4.79 Å². The molecule has 3 aliphatic heterocycles. The number of rotatable bonds is 4. The normalized spacial score (nSPS) is 35.3. The van der Waals surface area contributed by atoms with Crippen molar-refractivity contribution in [2.75, 3.05) is 33.4 Å². The average molecular weight is 237 g/mol. The molecule has 0 aromatic rings. The van der Waals surface area contributed by atoms with Gasteiger partial charge in [-0.1, -0.05) is 5.92 Å². The molecular formula is C13H21N2O2+. The van der Waals surface area contributed by atoms with Crippen molar-refractivity contribution in [1.82, 2.24) is 5.32 Å². The fourth-order valence-corrected chi connectivity index (χ4v) is 3.15. The summed E-state index contributed by atoms with van der Waals surface area (Å²) < 4.78 is 4.79. The lowest BCUT2D eigenvalue weighted by molar-refractivity contribution is -0.943. The molecule has 4 heteroatoms. The van der Waals surface area contributed by atoms with Crippen molar-refractivity contribution < 1.29 is 14.4 Å². The summed E-state index contributed by atoms with van der Waals surface area (Å²) in [7, 11) is 1.54. The van der Waals surface area contributed by atoms with Crippen molar-refractivity contribution >= 4 is 5.91 Å². The van der Waals surface area contributed by atoms with Crippen LogP contribution in [0.5, 0.6) is 0 Å². The van der Waals surface area contributed by atoms with Crippen LogP contribution in [0.1, 0.15) is 12.8 Å². The van der Waals surface area contributed by atoms with Gasteiger partial charge in [-0.3, -0.25) is 4.79 Å². The average Bonchev–Trinajstić information content (AvgIpc) is 2.37. The summed E-state index contributed by atoms with van der Waals surface area (Å²) in [5, 5.41) is 2.93. The highest BCUT2D eigenvalue weighted by atomic mass is 16.5. The van der Waals surface area contributed by atoms with Gasteiger partial charge in [0.05, 0.1) is 25.6 Å². The lowest BCUT2D eigenvalue weighted by Crippen LogP contribution is -3.20. The zero-order valence-electron chi connectivity index (χ0n) is 10.4. The maximum atomic E-state index is 11.3. The maximum Gasteiger partial charge on any atom is 0.246 e. The van der Waals surface area contributed by atoms with Gasteiger partial charge in [-0.2, -0.15) is 0 Å². The molecule has 3 rings (SSSR count). The Kier molecular flexibility index (Phi) is 4.03. The molecule has 0 spiro atoms. The maximum absolute atomic E-state index is 11.3. The minimum absolute atomic E-state index is 0.0250. The highest BCUT2D eigenvalue weighted by Crippen LogP contribution is 2.25. The van der Waals surface area contributed by atoms with Crippen LogP contribution >= 0.6 is 0 Å². The first kappa shape index (κ1) is 12.4. The molecule has 0 radical (unpaired) electrons. The SMILES string of the molecule is C#C[C@H]1C[NH+]2CC[C@@H]1C[C@@H]2CNC(=O)COC. The lowest BCUT2D eigenvalue weighted by Gasteiger charge is -2.45. The van der Waals surface area contributed by atoms with Crippen LogP contribution in [0.2, 0.25) is 0 Å². The van der Waals surface area contributed by atoms with Crippen LogP contribution in [-0.4, -0.2) is 45.3 Å². The molecule has 4 nitrogen and oxygen atoms in total. The van der Waals surface area contributed by atoms with Crippen LogP contribution in [0.25, 0.3) is 0 Å². The molecular weight excluding hydrogens is 216 g/mol. The van der Waals surface area contributed by atoms with Gasteiger partial charge in [-0.25, -0.2) is 0 Å². The fraction of sp³-hybridized carbons (Fsp3) is 0.769. The van der Waals surface area contributed by atoms with Gasteiger partial charge in [0.25, 0.3) is 0 Å². The Bertz CT molecular complexity index is 324. The van der Waals surface area contributed by atoms with E-state index in [1.807, 2.05) is 0 Å². The number of carbonyl (C=O) groups excluding carboxylic acids is 1. The van der Waals surface area contributed by atoms with E-state index in [2.05, 4.69) is 11.2 Å². The van der Waals surface area contributed by atoms with Crippen LogP contribution in [0.3, 0.4) is 0 Å². The quantitative estimate of drug-likeness (QED) is 0.595. The van der Waals surface area contributed by atoms with Gasteiger partial charge in [0.15, 0.2) is 0 Å². The van der Waals surface area contributed by atoms with Gasteiger partial charge in [-0.15, -0.1) is 6.42 Å². The van der Waals surface area contributed by atoms with Crippen LogP contribution in [0.15, 0.2) is 0 Å². The van der Waals surface area contributed by atoms with E-state index >= 15 is 0 Å². The second-order valence-electron chi connectivity index (χ2n) is 5.10. The first-order valence-electron chi connectivity index (χ1n) is 6.31. The van der Waals surface area contributed by atoms with Crippen LogP contribution in [0, 0.1) is 24.2 Å². The third-order valence-corrected chi connectivity index (χ3v) is 4.09. The number of quaternary nitrogens is 1. The van der Waals surface area contributed by atoms with Gasteiger partial charge in [-0.05, 0) is 5.92 Å². The first-order valence-corrected chi connectivity index (χ1v) is 6.31. The molecule has 1 unspecified atom stereocenters. The van der Waals surface area contributed by atoms with E-state index in [-0.39, 0.29) is 12.5 Å². The zero-order valence-corrected chi connectivity index (χ0v) is 10.4. The number of methoxy groups -OCH3 is 1. The number of amides is 1. The number of ether oxygens (including phenoxy) is 1. The highest BCUT2D eigenvalue weighted by Gasteiger charge is 2.42. The Balaban J connectivity index is 1.81. The summed E-state index contributed by atoms with van der Waals surface area (Å²) >= 11 is 0. The highest BCUT2D eigenvalue weighted by molar-refractivity contribution is 5.77. The van der Waals surface area contributed by atoms with Gasteiger partial charge in [0, 0.05) is 20.0 Å². The molecule has 2 N–H and O–H groups in total. The number of terminal acetylenes is 1. The predicted molar refractivity (Wildman–Crippen MR) is 64.4 cm³/mol. The Morgan fingerprint density at radius 3 is 3.06 bits per heavy atom. The second kappa shape index (κ2) is 5.52. The predicted octanol–water partition coefficient (Wildman–Crippen LogP) is -1.32. The van der Waals surface area contributed by atoms with Crippen molar-refractivity contribution in [1.29, 1.82) is 0 Å². The Hall–Kier alpha value is -1.05. The van der Waals surface area contributed by atoms with E-state index in [1.54, 1.807) is 4.90 Å². The molecule has 0 aliphatic carbocycles. The Labute approximate surface area is 103 Å². The zero-order chi connectivity index (χ0) is 12.3. The van der Waals surface area contributed by atoms with Crippen LogP contribution in [0.4, 0.5) is 0 Å². The first-order chi connectivity index (χ1) is 8.24. The van der Waals surface area contributed by atoms with Crippen molar-refractivity contribution in [2.24, 2.45) is 11.8 Å². The van der Waals surface area contributed by atoms with Crippen molar-refractivity contribution in [3.63, 3.8) is 0 Å². The Morgan fingerprint density at radius 1 is 1.65 bits per heavy atom. The molecule has 4 atom stereocenters. The summed E-state index contributed by atoms with van der Waals surface area (Å²) in [5.41, 5.74) is 0.